The summed E-state index contributed by atoms with van der Waals surface area (Å²) in [5.41, 5.74) is 7.15. The molecule has 1 aliphatic rings. The van der Waals surface area contributed by atoms with Crippen LogP contribution >= 0.6 is 12.4 Å². The molecule has 25 heavy (non-hydrogen) atoms. The highest BCUT2D eigenvalue weighted by atomic mass is 35.5. The van der Waals surface area contributed by atoms with Crippen LogP contribution in [-0.2, 0) is 11.2 Å². The third-order valence-electron chi connectivity index (χ3n) is 4.88. The summed E-state index contributed by atoms with van der Waals surface area (Å²) in [6.45, 7) is 0.484. The van der Waals surface area contributed by atoms with Gasteiger partial charge in [-0.15, -0.1) is 12.4 Å². The van der Waals surface area contributed by atoms with Gasteiger partial charge in [0, 0.05) is 12.6 Å². The van der Waals surface area contributed by atoms with Crippen molar-refractivity contribution < 1.29 is 14.6 Å². The maximum atomic E-state index is 12.1. The van der Waals surface area contributed by atoms with Gasteiger partial charge < -0.3 is 20.9 Å². The smallest absolute Gasteiger partial charge is 0.250 e. The highest BCUT2D eigenvalue weighted by Gasteiger charge is 2.26. The second kappa shape index (κ2) is 11.3. The summed E-state index contributed by atoms with van der Waals surface area (Å²) in [7, 11) is 1.63. The number of nitrogens with two attached hydrogens (primary N) is 1. The molecule has 4 N–H and O–H groups in total. The molecule has 6 heteroatoms. The number of amides is 1. The minimum atomic E-state index is -1.12. The molecule has 0 bridgehead atoms. The lowest BCUT2D eigenvalue weighted by Gasteiger charge is -2.26. The van der Waals surface area contributed by atoms with E-state index < -0.39 is 12.1 Å². The van der Waals surface area contributed by atoms with Crippen molar-refractivity contribution in [2.24, 2.45) is 11.7 Å². The number of aliphatic hydroxyl groups is 1. The quantitative estimate of drug-likeness (QED) is 0.656. The Morgan fingerprint density at radius 3 is 2.52 bits per heavy atom. The Labute approximate surface area is 156 Å². The molecule has 0 spiro atoms. The number of carbonyl (C=O) groups excluding carboxylic acids is 1. The number of rotatable bonds is 8. The van der Waals surface area contributed by atoms with E-state index in [1.54, 1.807) is 7.11 Å². The normalized spacial score (nSPS) is 17.2. The van der Waals surface area contributed by atoms with E-state index in [0.717, 1.165) is 17.7 Å². The van der Waals surface area contributed by atoms with Crippen molar-refractivity contribution in [3.63, 3.8) is 0 Å². The van der Waals surface area contributed by atoms with Crippen LogP contribution in [0.1, 0.15) is 44.1 Å². The lowest BCUT2D eigenvalue weighted by molar-refractivity contribution is -0.130. The van der Waals surface area contributed by atoms with Crippen LogP contribution in [0.5, 0.6) is 5.75 Å². The predicted octanol–water partition coefficient (Wildman–Crippen LogP) is 2.43. The number of aliphatic hydroxyl groups excluding tert-OH is 1. The zero-order chi connectivity index (χ0) is 17.4. The lowest BCUT2D eigenvalue weighted by Crippen LogP contribution is -2.47. The molecule has 0 aliphatic heterocycles. The standard InChI is InChI=1S/C19H30N2O3.ClH/c1-24-16-9-7-14(8-10-16)11-12-21-19(23)18(22)17(20)13-15-5-3-2-4-6-15;/h7-10,15,17-18,22H,2-6,11-13,20H2,1H3,(H,21,23);1H/t17-,18?;/m1./s1. The molecule has 0 heterocycles. The second-order valence-electron chi connectivity index (χ2n) is 6.74. The Hall–Kier alpha value is -1.30. The molecule has 1 fully saturated rings. The number of benzene rings is 1. The minimum Gasteiger partial charge on any atom is -0.497 e. The van der Waals surface area contributed by atoms with Crippen LogP contribution in [0.25, 0.3) is 0 Å². The van der Waals surface area contributed by atoms with Gasteiger partial charge in [0.1, 0.15) is 11.9 Å². The second-order valence-corrected chi connectivity index (χ2v) is 6.74. The minimum absolute atomic E-state index is 0. The van der Waals surface area contributed by atoms with E-state index in [2.05, 4.69) is 5.32 Å². The molecule has 5 nitrogen and oxygen atoms in total. The van der Waals surface area contributed by atoms with Crippen LogP contribution in [0.3, 0.4) is 0 Å². The van der Waals surface area contributed by atoms with E-state index in [9.17, 15) is 9.90 Å². The van der Waals surface area contributed by atoms with Crippen molar-refractivity contribution in [3.8, 4) is 5.75 Å². The molecule has 1 saturated carbocycles. The van der Waals surface area contributed by atoms with Gasteiger partial charge in [0.15, 0.2) is 0 Å². The fourth-order valence-electron chi connectivity index (χ4n) is 3.36. The van der Waals surface area contributed by atoms with Gasteiger partial charge >= 0.3 is 0 Å². The fourth-order valence-corrected chi connectivity index (χ4v) is 3.36. The van der Waals surface area contributed by atoms with E-state index in [-0.39, 0.29) is 18.3 Å². The first-order valence-electron chi connectivity index (χ1n) is 8.94. The number of methoxy groups -OCH3 is 1. The summed E-state index contributed by atoms with van der Waals surface area (Å²) in [5.74, 6) is 0.995. The fraction of sp³-hybridized carbons (Fsp3) is 0.632. The van der Waals surface area contributed by atoms with E-state index in [0.29, 0.717) is 18.9 Å². The van der Waals surface area contributed by atoms with Crippen molar-refractivity contribution in [2.75, 3.05) is 13.7 Å². The molecule has 2 atom stereocenters. The maximum absolute atomic E-state index is 12.1. The number of nitrogens with one attached hydrogen (secondary N) is 1. The van der Waals surface area contributed by atoms with Crippen LogP contribution < -0.4 is 15.8 Å². The molecule has 1 aliphatic carbocycles. The van der Waals surface area contributed by atoms with Gasteiger partial charge in [-0.2, -0.15) is 0 Å². The van der Waals surface area contributed by atoms with Gasteiger partial charge in [0.25, 0.3) is 0 Å². The number of halogens is 1. The SMILES string of the molecule is COc1ccc(CCNC(=O)C(O)[C@H](N)CC2CCCCC2)cc1.Cl. The van der Waals surface area contributed by atoms with Gasteiger partial charge in [-0.25, -0.2) is 0 Å². The summed E-state index contributed by atoms with van der Waals surface area (Å²) in [4.78, 5) is 12.1. The van der Waals surface area contributed by atoms with Crippen LogP contribution in [0, 0.1) is 5.92 Å². The Kier molecular flexibility index (Phi) is 9.86. The molecule has 1 aromatic carbocycles. The third kappa shape index (κ3) is 7.22. The van der Waals surface area contributed by atoms with E-state index in [4.69, 9.17) is 10.5 Å². The van der Waals surface area contributed by atoms with Crippen molar-refractivity contribution in [1.82, 2.24) is 5.32 Å². The van der Waals surface area contributed by atoms with E-state index >= 15 is 0 Å². The Morgan fingerprint density at radius 1 is 1.28 bits per heavy atom. The first kappa shape index (κ1) is 21.7. The molecule has 1 aromatic rings. The first-order chi connectivity index (χ1) is 11.6. The summed E-state index contributed by atoms with van der Waals surface area (Å²) < 4.78 is 5.12. The van der Waals surface area contributed by atoms with Gasteiger partial charge in [-0.1, -0.05) is 44.2 Å². The number of ether oxygens (including phenoxy) is 1. The average Bonchev–Trinajstić information content (AvgIpc) is 2.62. The van der Waals surface area contributed by atoms with Gasteiger partial charge in [0.05, 0.1) is 7.11 Å². The highest BCUT2D eigenvalue weighted by Crippen LogP contribution is 2.27. The molecular weight excluding hydrogens is 340 g/mol. The highest BCUT2D eigenvalue weighted by molar-refractivity contribution is 5.85. The maximum Gasteiger partial charge on any atom is 0.250 e. The zero-order valence-corrected chi connectivity index (χ0v) is 15.8. The van der Waals surface area contributed by atoms with Gasteiger partial charge in [0.2, 0.25) is 5.91 Å². The van der Waals surface area contributed by atoms with Crippen molar-refractivity contribution in [3.05, 3.63) is 29.8 Å². The van der Waals surface area contributed by atoms with Crippen LogP contribution in [0.4, 0.5) is 0 Å². The summed E-state index contributed by atoms with van der Waals surface area (Å²) in [6, 6.07) is 7.25. The molecule has 0 aromatic heterocycles. The molecule has 142 valence electrons. The Bertz CT molecular complexity index is 504. The zero-order valence-electron chi connectivity index (χ0n) is 14.9. The summed E-state index contributed by atoms with van der Waals surface area (Å²) in [5, 5.41) is 12.9. The molecule has 2 rings (SSSR count). The molecule has 1 amide bonds. The topological polar surface area (TPSA) is 84.6 Å². The molecule has 0 radical (unpaired) electrons. The summed E-state index contributed by atoms with van der Waals surface area (Å²) >= 11 is 0. The predicted molar refractivity (Wildman–Crippen MR) is 102 cm³/mol. The largest absolute Gasteiger partial charge is 0.497 e. The van der Waals surface area contributed by atoms with E-state index in [1.165, 1.54) is 32.1 Å². The van der Waals surface area contributed by atoms with Crippen LogP contribution in [0.2, 0.25) is 0 Å². The monoisotopic (exact) mass is 370 g/mol. The van der Waals surface area contributed by atoms with Crippen LogP contribution in [0.15, 0.2) is 24.3 Å². The van der Waals surface area contributed by atoms with Crippen molar-refractivity contribution in [1.29, 1.82) is 0 Å². The first-order valence-corrected chi connectivity index (χ1v) is 8.94. The number of hydrogen-bond acceptors (Lipinski definition) is 4. The Morgan fingerprint density at radius 2 is 1.92 bits per heavy atom. The average molecular weight is 371 g/mol. The summed E-state index contributed by atoms with van der Waals surface area (Å²) in [6.07, 6.45) is 6.41. The van der Waals surface area contributed by atoms with Gasteiger partial charge in [-0.3, -0.25) is 4.79 Å². The molecular formula is C19H31ClN2O3. The number of carbonyl (C=O) groups is 1. The van der Waals surface area contributed by atoms with Crippen molar-refractivity contribution >= 4 is 18.3 Å². The van der Waals surface area contributed by atoms with Crippen LogP contribution in [-0.4, -0.2) is 36.8 Å². The third-order valence-corrected chi connectivity index (χ3v) is 4.88. The molecule has 1 unspecified atom stereocenters. The Balaban J connectivity index is 0.00000312. The lowest BCUT2D eigenvalue weighted by atomic mass is 9.84. The molecule has 0 saturated heterocycles. The van der Waals surface area contributed by atoms with Gasteiger partial charge in [-0.05, 0) is 36.5 Å². The number of hydrogen-bond donors (Lipinski definition) is 3. The van der Waals surface area contributed by atoms with Crippen molar-refractivity contribution in [2.45, 2.75) is 57.1 Å². The van der Waals surface area contributed by atoms with E-state index in [1.807, 2.05) is 24.3 Å².